The fourth-order valence-electron chi connectivity index (χ4n) is 1.82. The van der Waals surface area contributed by atoms with E-state index in [0.29, 0.717) is 26.4 Å². The highest BCUT2D eigenvalue weighted by Crippen LogP contribution is 2.25. The maximum atomic E-state index is 12.2. The Bertz CT molecular complexity index is 857. The Hall–Kier alpha value is -2.19. The van der Waals surface area contributed by atoms with E-state index in [0.717, 1.165) is 5.56 Å². The highest BCUT2D eigenvalue weighted by Gasteiger charge is 2.10. The highest BCUT2D eigenvalue weighted by molar-refractivity contribution is 6.42. The van der Waals surface area contributed by atoms with Crippen molar-refractivity contribution in [3.8, 4) is 6.07 Å². The largest absolute Gasteiger partial charge is 0.360 e. The number of hydrogen-bond acceptors (Lipinski definition) is 3. The van der Waals surface area contributed by atoms with Crippen LogP contribution in [-0.2, 0) is 4.79 Å². The summed E-state index contributed by atoms with van der Waals surface area (Å²) in [6.45, 7) is 1.88. The number of benzene rings is 2. The number of carbonyl (C=O) groups excluding carboxylic acids is 1. The van der Waals surface area contributed by atoms with E-state index in [9.17, 15) is 10.1 Å². The van der Waals surface area contributed by atoms with E-state index in [1.165, 1.54) is 12.3 Å². The van der Waals surface area contributed by atoms with Crippen molar-refractivity contribution >= 4 is 52.1 Å². The zero-order valence-electron chi connectivity index (χ0n) is 12.5. The second-order valence-electron chi connectivity index (χ2n) is 4.86. The standard InChI is InChI=1S/C17H12Cl3N3O/c1-10-2-3-12(18)6-16(10)22-9-11(8-21)17(24)23-13-4-5-14(19)15(20)7-13/h2-7,9,22H,1H3,(H,23,24)/b11-9-. The number of nitrogens with one attached hydrogen (secondary N) is 2. The minimum atomic E-state index is -0.567. The van der Waals surface area contributed by atoms with Gasteiger partial charge in [0.1, 0.15) is 11.6 Å². The van der Waals surface area contributed by atoms with Gasteiger partial charge < -0.3 is 10.6 Å². The van der Waals surface area contributed by atoms with Crippen molar-refractivity contribution in [1.82, 2.24) is 0 Å². The van der Waals surface area contributed by atoms with E-state index < -0.39 is 5.91 Å². The Labute approximate surface area is 154 Å². The van der Waals surface area contributed by atoms with Gasteiger partial charge in [-0.05, 0) is 42.8 Å². The van der Waals surface area contributed by atoms with Gasteiger partial charge in [-0.25, -0.2) is 0 Å². The molecule has 0 saturated carbocycles. The molecule has 0 saturated heterocycles. The smallest absolute Gasteiger partial charge is 0.267 e. The molecule has 0 bridgehead atoms. The van der Waals surface area contributed by atoms with Crippen LogP contribution in [0.25, 0.3) is 0 Å². The molecule has 0 radical (unpaired) electrons. The predicted octanol–water partition coefficient (Wildman–Crippen LogP) is 5.41. The fraction of sp³-hybridized carbons (Fsp3) is 0.0588. The maximum absolute atomic E-state index is 12.2. The predicted molar refractivity (Wildman–Crippen MR) is 98.6 cm³/mol. The van der Waals surface area contributed by atoms with Crippen molar-refractivity contribution < 1.29 is 4.79 Å². The molecule has 0 unspecified atom stereocenters. The summed E-state index contributed by atoms with van der Waals surface area (Å²) < 4.78 is 0. The van der Waals surface area contributed by atoms with Crippen molar-refractivity contribution in [2.45, 2.75) is 6.92 Å². The summed E-state index contributed by atoms with van der Waals surface area (Å²) in [7, 11) is 0. The van der Waals surface area contributed by atoms with Gasteiger partial charge >= 0.3 is 0 Å². The quantitative estimate of drug-likeness (QED) is 0.550. The monoisotopic (exact) mass is 379 g/mol. The molecule has 2 rings (SSSR count). The van der Waals surface area contributed by atoms with Gasteiger partial charge in [-0.1, -0.05) is 40.9 Å². The number of aryl methyl sites for hydroxylation is 1. The van der Waals surface area contributed by atoms with Crippen LogP contribution in [0.5, 0.6) is 0 Å². The van der Waals surface area contributed by atoms with Gasteiger partial charge in [0.2, 0.25) is 0 Å². The van der Waals surface area contributed by atoms with E-state index >= 15 is 0 Å². The van der Waals surface area contributed by atoms with Gasteiger partial charge in [0.25, 0.3) is 5.91 Å². The van der Waals surface area contributed by atoms with Crippen molar-refractivity contribution in [2.24, 2.45) is 0 Å². The molecule has 0 fully saturated rings. The maximum Gasteiger partial charge on any atom is 0.267 e. The highest BCUT2D eigenvalue weighted by atomic mass is 35.5. The Balaban J connectivity index is 2.15. The van der Waals surface area contributed by atoms with Crippen LogP contribution in [0, 0.1) is 18.3 Å². The van der Waals surface area contributed by atoms with Crippen LogP contribution >= 0.6 is 34.8 Å². The Morgan fingerprint density at radius 3 is 2.54 bits per heavy atom. The molecule has 0 aliphatic rings. The lowest BCUT2D eigenvalue weighted by Gasteiger charge is -2.08. The molecule has 0 heterocycles. The average Bonchev–Trinajstić information content (AvgIpc) is 2.54. The second kappa shape index (κ2) is 8.07. The molecular formula is C17H12Cl3N3O. The number of halogens is 3. The first-order valence-corrected chi connectivity index (χ1v) is 7.93. The minimum absolute atomic E-state index is 0.0968. The molecule has 4 nitrogen and oxygen atoms in total. The van der Waals surface area contributed by atoms with E-state index in [4.69, 9.17) is 34.8 Å². The Morgan fingerprint density at radius 2 is 1.88 bits per heavy atom. The number of amides is 1. The second-order valence-corrected chi connectivity index (χ2v) is 6.11. The lowest BCUT2D eigenvalue weighted by Crippen LogP contribution is -2.14. The van der Waals surface area contributed by atoms with Crippen molar-refractivity contribution in [1.29, 1.82) is 5.26 Å². The summed E-state index contributed by atoms with van der Waals surface area (Å²) in [6.07, 6.45) is 1.32. The molecule has 0 spiro atoms. The molecule has 7 heteroatoms. The zero-order chi connectivity index (χ0) is 17.7. The number of nitrogens with zero attached hydrogens (tertiary/aromatic N) is 1. The minimum Gasteiger partial charge on any atom is -0.360 e. The van der Waals surface area contributed by atoms with Crippen molar-refractivity contribution in [3.63, 3.8) is 0 Å². The lowest BCUT2D eigenvalue weighted by atomic mass is 10.2. The molecule has 122 valence electrons. The number of carbonyl (C=O) groups is 1. The Kier molecular flexibility index (Phi) is 6.10. The number of anilines is 2. The topological polar surface area (TPSA) is 64.9 Å². The molecule has 0 atom stereocenters. The average molecular weight is 381 g/mol. The van der Waals surface area contributed by atoms with Crippen LogP contribution in [0.4, 0.5) is 11.4 Å². The summed E-state index contributed by atoms with van der Waals surface area (Å²) in [5, 5.41) is 15.9. The van der Waals surface area contributed by atoms with Crippen molar-refractivity contribution in [3.05, 3.63) is 68.8 Å². The summed E-state index contributed by atoms with van der Waals surface area (Å²) in [4.78, 5) is 12.2. The van der Waals surface area contributed by atoms with Gasteiger partial charge in [0.15, 0.2) is 0 Å². The lowest BCUT2D eigenvalue weighted by molar-refractivity contribution is -0.112. The number of nitriles is 1. The summed E-state index contributed by atoms with van der Waals surface area (Å²) >= 11 is 17.7. The summed E-state index contributed by atoms with van der Waals surface area (Å²) in [5.41, 5.74) is 1.98. The van der Waals surface area contributed by atoms with Crippen LogP contribution in [0.15, 0.2) is 48.2 Å². The van der Waals surface area contributed by atoms with E-state index in [1.807, 2.05) is 19.1 Å². The third-order valence-corrected chi connectivity index (χ3v) is 4.09. The van der Waals surface area contributed by atoms with Crippen LogP contribution in [0.1, 0.15) is 5.56 Å². The molecule has 2 N–H and O–H groups in total. The van der Waals surface area contributed by atoms with E-state index in [1.54, 1.807) is 24.3 Å². The van der Waals surface area contributed by atoms with Gasteiger partial charge in [-0.15, -0.1) is 0 Å². The molecular weight excluding hydrogens is 369 g/mol. The third kappa shape index (κ3) is 4.65. The Morgan fingerprint density at radius 1 is 1.12 bits per heavy atom. The van der Waals surface area contributed by atoms with Gasteiger partial charge in [-0.3, -0.25) is 4.79 Å². The molecule has 2 aromatic rings. The first-order valence-electron chi connectivity index (χ1n) is 6.80. The van der Waals surface area contributed by atoms with Gasteiger partial charge in [0, 0.05) is 22.6 Å². The zero-order valence-corrected chi connectivity index (χ0v) is 14.8. The van der Waals surface area contributed by atoms with Gasteiger partial charge in [-0.2, -0.15) is 5.26 Å². The molecule has 2 aromatic carbocycles. The van der Waals surface area contributed by atoms with Gasteiger partial charge in [0.05, 0.1) is 10.0 Å². The van der Waals surface area contributed by atoms with Crippen LogP contribution in [-0.4, -0.2) is 5.91 Å². The summed E-state index contributed by atoms with van der Waals surface area (Å²) in [6, 6.07) is 11.8. The van der Waals surface area contributed by atoms with E-state index in [2.05, 4.69) is 10.6 Å². The number of rotatable bonds is 4. The van der Waals surface area contributed by atoms with E-state index in [-0.39, 0.29) is 5.57 Å². The molecule has 0 aliphatic carbocycles. The molecule has 0 aromatic heterocycles. The fourth-order valence-corrected chi connectivity index (χ4v) is 2.29. The normalized spacial score (nSPS) is 10.9. The first kappa shape index (κ1) is 18.2. The first-order chi connectivity index (χ1) is 11.4. The molecule has 24 heavy (non-hydrogen) atoms. The van der Waals surface area contributed by atoms with Crippen LogP contribution in [0.2, 0.25) is 15.1 Å². The molecule has 1 amide bonds. The third-order valence-electron chi connectivity index (χ3n) is 3.11. The number of hydrogen-bond donors (Lipinski definition) is 2. The summed E-state index contributed by atoms with van der Waals surface area (Å²) in [5.74, 6) is -0.567. The molecule has 0 aliphatic heterocycles. The van der Waals surface area contributed by atoms with Crippen LogP contribution < -0.4 is 10.6 Å². The SMILES string of the molecule is Cc1ccc(Cl)cc1N/C=C(/C#N)C(=O)Nc1ccc(Cl)c(Cl)c1. The van der Waals surface area contributed by atoms with Crippen molar-refractivity contribution in [2.75, 3.05) is 10.6 Å². The van der Waals surface area contributed by atoms with Crippen LogP contribution in [0.3, 0.4) is 0 Å².